The van der Waals surface area contributed by atoms with E-state index in [1.165, 1.54) is 6.92 Å². The van der Waals surface area contributed by atoms with Crippen LogP contribution in [-0.4, -0.2) is 54.4 Å². The Kier molecular flexibility index (Phi) is 8.84. The van der Waals surface area contributed by atoms with Crippen molar-refractivity contribution in [1.82, 2.24) is 20.9 Å². The number of nitrogens with zero attached hydrogens (tertiary/aromatic N) is 2. The number of aromatic nitrogens is 1. The van der Waals surface area contributed by atoms with Gasteiger partial charge in [0.05, 0.1) is 12.1 Å². The number of likely N-dealkylation sites (N-methyl/N-ethyl adjacent to an activating group) is 1. The van der Waals surface area contributed by atoms with Crippen molar-refractivity contribution in [3.8, 4) is 0 Å². The molecule has 0 aromatic carbocycles. The lowest BCUT2D eigenvalue weighted by Gasteiger charge is -2.31. The van der Waals surface area contributed by atoms with E-state index < -0.39 is 12.1 Å². The maximum Gasteiger partial charge on any atom is 0.251 e. The van der Waals surface area contributed by atoms with Crippen LogP contribution in [0, 0.1) is 5.92 Å². The Hall–Kier alpha value is -2.19. The first kappa shape index (κ1) is 23.8. The Morgan fingerprint density at radius 1 is 1.29 bits per heavy atom. The monoisotopic (exact) mass is 411 g/mol. The van der Waals surface area contributed by atoms with E-state index in [0.29, 0.717) is 18.8 Å². The smallest absolute Gasteiger partial charge is 0.251 e. The van der Waals surface area contributed by atoms with Gasteiger partial charge in [0, 0.05) is 19.7 Å². The minimum absolute atomic E-state index is 0. The van der Waals surface area contributed by atoms with Gasteiger partial charge in [0.1, 0.15) is 11.9 Å². The number of amides is 3. The van der Waals surface area contributed by atoms with Gasteiger partial charge in [0.2, 0.25) is 11.8 Å². The van der Waals surface area contributed by atoms with Gasteiger partial charge in [-0.2, -0.15) is 0 Å². The van der Waals surface area contributed by atoms with Gasteiger partial charge < -0.3 is 16.0 Å². The van der Waals surface area contributed by atoms with Gasteiger partial charge in [-0.3, -0.25) is 19.3 Å². The Balaban J connectivity index is 0.00000392. The summed E-state index contributed by atoms with van der Waals surface area (Å²) in [4.78, 5) is 43.1. The number of halogens is 1. The zero-order valence-electron chi connectivity index (χ0n) is 17.0. The van der Waals surface area contributed by atoms with Gasteiger partial charge >= 0.3 is 0 Å². The third-order valence-corrected chi connectivity index (χ3v) is 4.80. The Labute approximate surface area is 172 Å². The molecule has 2 rings (SSSR count). The Bertz CT molecular complexity index is 713. The highest BCUT2D eigenvalue weighted by molar-refractivity contribution is 6.01. The molecule has 28 heavy (non-hydrogen) atoms. The van der Waals surface area contributed by atoms with Crippen LogP contribution in [-0.2, 0) is 20.8 Å². The van der Waals surface area contributed by atoms with Crippen molar-refractivity contribution in [2.24, 2.45) is 5.92 Å². The van der Waals surface area contributed by atoms with Crippen molar-refractivity contribution in [2.75, 3.05) is 18.5 Å². The molecular weight excluding hydrogens is 382 g/mol. The first-order chi connectivity index (χ1) is 12.8. The van der Waals surface area contributed by atoms with Gasteiger partial charge in [0.25, 0.3) is 5.91 Å². The minimum Gasteiger partial charge on any atom is -0.354 e. The number of nitrogens with one attached hydrogen (secondary N) is 3. The summed E-state index contributed by atoms with van der Waals surface area (Å²) >= 11 is 0. The van der Waals surface area contributed by atoms with E-state index in [9.17, 15) is 14.4 Å². The van der Waals surface area contributed by atoms with Crippen LogP contribution in [0.3, 0.4) is 0 Å². The van der Waals surface area contributed by atoms with Crippen molar-refractivity contribution < 1.29 is 14.4 Å². The summed E-state index contributed by atoms with van der Waals surface area (Å²) < 4.78 is 0. The van der Waals surface area contributed by atoms with Crippen molar-refractivity contribution in [2.45, 2.75) is 52.2 Å². The van der Waals surface area contributed by atoms with E-state index in [4.69, 9.17) is 0 Å². The first-order valence-corrected chi connectivity index (χ1v) is 9.25. The molecule has 156 valence electrons. The standard InChI is InChI=1S/C19H29N5O3.ClH/c1-11(2)16(23-18(26)12(3)20-5)19(27)24-15(10-22-13(4)25)9-14-7-6-8-21-17(14)24;/h6-8,11-12,15-16,20H,9-10H2,1-5H3,(H,22,25)(H,23,26);1H/t12?,15?,16-;/m0./s1. The molecule has 0 saturated carbocycles. The molecule has 0 spiro atoms. The number of hydrogen-bond acceptors (Lipinski definition) is 5. The number of rotatable bonds is 7. The summed E-state index contributed by atoms with van der Waals surface area (Å²) in [5.41, 5.74) is 0.957. The molecule has 3 amide bonds. The molecule has 1 aromatic heterocycles. The molecule has 0 saturated heterocycles. The molecule has 0 aliphatic carbocycles. The number of carbonyl (C=O) groups excluding carboxylic acids is 3. The fourth-order valence-electron chi connectivity index (χ4n) is 3.11. The fourth-order valence-corrected chi connectivity index (χ4v) is 3.11. The van der Waals surface area contributed by atoms with Crippen LogP contribution in [0.1, 0.15) is 33.3 Å². The molecular formula is C19H30ClN5O3. The maximum absolute atomic E-state index is 13.4. The van der Waals surface area contributed by atoms with Crippen molar-refractivity contribution in [3.05, 3.63) is 23.9 Å². The van der Waals surface area contributed by atoms with E-state index in [1.807, 2.05) is 26.0 Å². The molecule has 0 radical (unpaired) electrons. The van der Waals surface area contributed by atoms with E-state index in [2.05, 4.69) is 20.9 Å². The molecule has 2 heterocycles. The quantitative estimate of drug-likeness (QED) is 0.611. The average Bonchev–Trinajstić information content (AvgIpc) is 3.01. The summed E-state index contributed by atoms with van der Waals surface area (Å²) in [6.45, 7) is 7.31. The number of carbonyl (C=O) groups is 3. The molecule has 2 unspecified atom stereocenters. The fraction of sp³-hybridized carbons (Fsp3) is 0.579. The maximum atomic E-state index is 13.4. The van der Waals surface area contributed by atoms with Crippen LogP contribution in [0.4, 0.5) is 5.82 Å². The minimum atomic E-state index is -0.680. The lowest BCUT2D eigenvalue weighted by molar-refractivity contribution is -0.129. The number of fused-ring (bicyclic) bond motifs is 1. The summed E-state index contributed by atoms with van der Waals surface area (Å²) in [6, 6.07) is 2.45. The van der Waals surface area contributed by atoms with Gasteiger partial charge in [-0.1, -0.05) is 19.9 Å². The predicted octanol–water partition coefficient (Wildman–Crippen LogP) is 0.646. The van der Waals surface area contributed by atoms with E-state index in [-0.39, 0.29) is 42.1 Å². The van der Waals surface area contributed by atoms with Gasteiger partial charge in [-0.25, -0.2) is 4.98 Å². The lowest BCUT2D eigenvalue weighted by Crippen LogP contribution is -2.57. The number of pyridine rings is 1. The third kappa shape index (κ3) is 5.42. The summed E-state index contributed by atoms with van der Waals surface area (Å²) in [5.74, 6) is -0.0974. The highest BCUT2D eigenvalue weighted by atomic mass is 35.5. The van der Waals surface area contributed by atoms with Crippen LogP contribution >= 0.6 is 12.4 Å². The molecule has 1 aromatic rings. The molecule has 1 aliphatic heterocycles. The number of anilines is 1. The highest BCUT2D eigenvalue weighted by Gasteiger charge is 2.39. The normalized spacial score (nSPS) is 17.4. The van der Waals surface area contributed by atoms with Crippen LogP contribution in [0.25, 0.3) is 0 Å². The van der Waals surface area contributed by atoms with Crippen LogP contribution in [0.5, 0.6) is 0 Å². The Morgan fingerprint density at radius 2 is 1.96 bits per heavy atom. The molecule has 3 atom stereocenters. The summed E-state index contributed by atoms with van der Waals surface area (Å²) in [6.07, 6.45) is 2.26. The van der Waals surface area contributed by atoms with E-state index in [1.54, 1.807) is 25.1 Å². The summed E-state index contributed by atoms with van der Waals surface area (Å²) in [7, 11) is 1.69. The van der Waals surface area contributed by atoms with Crippen molar-refractivity contribution in [3.63, 3.8) is 0 Å². The van der Waals surface area contributed by atoms with Gasteiger partial charge in [-0.15, -0.1) is 12.4 Å². The predicted molar refractivity (Wildman–Crippen MR) is 110 cm³/mol. The molecule has 0 fully saturated rings. The van der Waals surface area contributed by atoms with Crippen LogP contribution in [0.15, 0.2) is 18.3 Å². The lowest BCUT2D eigenvalue weighted by atomic mass is 10.0. The number of hydrogen-bond donors (Lipinski definition) is 3. The molecule has 1 aliphatic rings. The van der Waals surface area contributed by atoms with Crippen LogP contribution < -0.4 is 20.9 Å². The molecule has 9 heteroatoms. The van der Waals surface area contributed by atoms with Gasteiger partial charge in [0.15, 0.2) is 0 Å². The second-order valence-electron chi connectivity index (χ2n) is 7.23. The second kappa shape index (κ2) is 10.4. The zero-order chi connectivity index (χ0) is 20.1. The van der Waals surface area contributed by atoms with Gasteiger partial charge in [-0.05, 0) is 37.9 Å². The topological polar surface area (TPSA) is 103 Å². The molecule has 0 bridgehead atoms. The second-order valence-corrected chi connectivity index (χ2v) is 7.23. The summed E-state index contributed by atoms with van der Waals surface area (Å²) in [5, 5.41) is 8.52. The molecule has 8 nitrogen and oxygen atoms in total. The first-order valence-electron chi connectivity index (χ1n) is 9.25. The van der Waals surface area contributed by atoms with Crippen molar-refractivity contribution in [1.29, 1.82) is 0 Å². The van der Waals surface area contributed by atoms with Crippen LogP contribution in [0.2, 0.25) is 0 Å². The van der Waals surface area contributed by atoms with E-state index >= 15 is 0 Å². The largest absolute Gasteiger partial charge is 0.354 e. The highest BCUT2D eigenvalue weighted by Crippen LogP contribution is 2.31. The average molecular weight is 412 g/mol. The van der Waals surface area contributed by atoms with E-state index in [0.717, 1.165) is 5.56 Å². The zero-order valence-corrected chi connectivity index (χ0v) is 17.8. The Morgan fingerprint density at radius 3 is 2.54 bits per heavy atom. The SMILES string of the molecule is CNC(C)C(=O)N[C@H](C(=O)N1c2ncccc2CC1CNC(C)=O)C(C)C.Cl. The molecule has 3 N–H and O–H groups in total. The third-order valence-electron chi connectivity index (χ3n) is 4.80. The van der Waals surface area contributed by atoms with Crippen molar-refractivity contribution >= 4 is 35.9 Å².